The molecule has 0 bridgehead atoms. The zero-order valence-electron chi connectivity index (χ0n) is 9.21. The molecule has 1 aliphatic rings. The van der Waals surface area contributed by atoms with Crippen molar-refractivity contribution in [3.8, 4) is 0 Å². The summed E-state index contributed by atoms with van der Waals surface area (Å²) in [5.74, 6) is 0.318. The van der Waals surface area contributed by atoms with Gasteiger partial charge in [-0.3, -0.25) is 4.79 Å². The molecule has 1 rings (SSSR count). The van der Waals surface area contributed by atoms with Crippen LogP contribution in [0.1, 0.15) is 46.0 Å². The molecule has 0 heterocycles. The van der Waals surface area contributed by atoms with Crippen LogP contribution in [0.15, 0.2) is 0 Å². The summed E-state index contributed by atoms with van der Waals surface area (Å²) in [6, 6.07) is 0. The van der Waals surface area contributed by atoms with E-state index >= 15 is 0 Å². The van der Waals surface area contributed by atoms with Crippen LogP contribution < -0.4 is 5.73 Å². The lowest BCUT2D eigenvalue weighted by atomic mass is 10.0. The van der Waals surface area contributed by atoms with Gasteiger partial charge in [0.2, 0.25) is 0 Å². The highest BCUT2D eigenvalue weighted by molar-refractivity contribution is 5.79. The first-order valence-corrected chi connectivity index (χ1v) is 5.52. The molecule has 1 unspecified atom stereocenters. The van der Waals surface area contributed by atoms with Crippen molar-refractivity contribution in [3.63, 3.8) is 0 Å². The van der Waals surface area contributed by atoms with Crippen molar-refractivity contribution in [2.45, 2.75) is 51.5 Å². The van der Waals surface area contributed by atoms with Gasteiger partial charge in [0.15, 0.2) is 0 Å². The molecule has 1 atom stereocenters. The Labute approximate surface area is 86.0 Å². The third-order valence-electron chi connectivity index (χ3n) is 3.13. The van der Waals surface area contributed by atoms with Gasteiger partial charge in [0.05, 0.1) is 6.61 Å². The standard InChI is InChI=1S/C11H21NO2/c1-3-11(2,12)10(13)14-8-9-6-4-5-7-9/h9H,3-8,12H2,1-2H3. The van der Waals surface area contributed by atoms with E-state index in [2.05, 4.69) is 0 Å². The average molecular weight is 199 g/mol. The Morgan fingerprint density at radius 1 is 1.50 bits per heavy atom. The predicted octanol–water partition coefficient (Wildman–Crippen LogP) is 1.85. The summed E-state index contributed by atoms with van der Waals surface area (Å²) in [6.45, 7) is 4.19. The summed E-state index contributed by atoms with van der Waals surface area (Å²) >= 11 is 0. The molecule has 1 aliphatic carbocycles. The minimum Gasteiger partial charge on any atom is -0.464 e. The number of hydrogen-bond donors (Lipinski definition) is 1. The second-order valence-corrected chi connectivity index (χ2v) is 4.52. The first-order chi connectivity index (χ1) is 6.56. The van der Waals surface area contributed by atoms with Crippen LogP contribution in [-0.4, -0.2) is 18.1 Å². The van der Waals surface area contributed by atoms with Gasteiger partial charge in [-0.15, -0.1) is 0 Å². The van der Waals surface area contributed by atoms with Gasteiger partial charge in [-0.05, 0) is 32.1 Å². The van der Waals surface area contributed by atoms with Crippen molar-refractivity contribution in [3.05, 3.63) is 0 Å². The predicted molar refractivity (Wildman–Crippen MR) is 55.8 cm³/mol. The second-order valence-electron chi connectivity index (χ2n) is 4.52. The van der Waals surface area contributed by atoms with Gasteiger partial charge in [-0.25, -0.2) is 0 Å². The minimum atomic E-state index is -0.807. The number of esters is 1. The molecule has 0 aromatic heterocycles. The zero-order valence-corrected chi connectivity index (χ0v) is 9.21. The summed E-state index contributed by atoms with van der Waals surface area (Å²) in [4.78, 5) is 11.5. The summed E-state index contributed by atoms with van der Waals surface area (Å²) in [7, 11) is 0. The van der Waals surface area contributed by atoms with Gasteiger partial charge in [0.1, 0.15) is 5.54 Å². The Morgan fingerprint density at radius 3 is 2.57 bits per heavy atom. The fourth-order valence-electron chi connectivity index (χ4n) is 1.68. The number of rotatable bonds is 4. The van der Waals surface area contributed by atoms with E-state index in [1.807, 2.05) is 6.92 Å². The lowest BCUT2D eigenvalue weighted by Gasteiger charge is -2.21. The molecule has 14 heavy (non-hydrogen) atoms. The number of ether oxygens (including phenoxy) is 1. The molecule has 2 N–H and O–H groups in total. The van der Waals surface area contributed by atoms with Crippen molar-refractivity contribution < 1.29 is 9.53 Å². The highest BCUT2D eigenvalue weighted by atomic mass is 16.5. The summed E-state index contributed by atoms with van der Waals surface area (Å²) in [5, 5.41) is 0. The van der Waals surface area contributed by atoms with Crippen LogP contribution >= 0.6 is 0 Å². The molecular formula is C11H21NO2. The first-order valence-electron chi connectivity index (χ1n) is 5.52. The summed E-state index contributed by atoms with van der Waals surface area (Å²) in [5.41, 5.74) is 4.96. The summed E-state index contributed by atoms with van der Waals surface area (Å²) in [6.07, 6.45) is 5.56. The fraction of sp³-hybridized carbons (Fsp3) is 0.909. The number of nitrogens with two attached hydrogens (primary N) is 1. The molecule has 1 saturated carbocycles. The van der Waals surface area contributed by atoms with Crippen molar-refractivity contribution in [1.82, 2.24) is 0 Å². The Balaban J connectivity index is 2.26. The van der Waals surface area contributed by atoms with Crippen molar-refractivity contribution in [1.29, 1.82) is 0 Å². The van der Waals surface area contributed by atoms with E-state index in [-0.39, 0.29) is 5.97 Å². The molecule has 0 saturated heterocycles. The monoisotopic (exact) mass is 199 g/mol. The van der Waals surface area contributed by atoms with Crippen LogP contribution in [0.4, 0.5) is 0 Å². The van der Waals surface area contributed by atoms with E-state index in [4.69, 9.17) is 10.5 Å². The van der Waals surface area contributed by atoms with E-state index in [0.717, 1.165) is 0 Å². The van der Waals surface area contributed by atoms with Crippen LogP contribution in [0.25, 0.3) is 0 Å². The molecule has 0 aromatic rings. The quantitative estimate of drug-likeness (QED) is 0.703. The molecule has 3 nitrogen and oxygen atoms in total. The molecule has 3 heteroatoms. The van der Waals surface area contributed by atoms with Crippen molar-refractivity contribution >= 4 is 5.97 Å². The number of hydrogen-bond acceptors (Lipinski definition) is 3. The molecule has 1 fully saturated rings. The average Bonchev–Trinajstić information content (AvgIpc) is 2.66. The minimum absolute atomic E-state index is 0.258. The van der Waals surface area contributed by atoms with Crippen molar-refractivity contribution in [2.24, 2.45) is 11.7 Å². The molecule has 0 aromatic carbocycles. The van der Waals surface area contributed by atoms with Crippen LogP contribution in [0.5, 0.6) is 0 Å². The molecule has 0 amide bonds. The van der Waals surface area contributed by atoms with Gasteiger partial charge in [-0.2, -0.15) is 0 Å². The maximum Gasteiger partial charge on any atom is 0.325 e. The van der Waals surface area contributed by atoms with Gasteiger partial charge < -0.3 is 10.5 Å². The fourth-order valence-corrected chi connectivity index (χ4v) is 1.68. The van der Waals surface area contributed by atoms with E-state index in [1.54, 1.807) is 6.92 Å². The van der Waals surface area contributed by atoms with Gasteiger partial charge in [0.25, 0.3) is 0 Å². The van der Waals surface area contributed by atoms with Crippen LogP contribution in [0.3, 0.4) is 0 Å². The lowest BCUT2D eigenvalue weighted by Crippen LogP contribution is -2.45. The Morgan fingerprint density at radius 2 is 2.07 bits per heavy atom. The normalized spacial score (nSPS) is 21.9. The third-order valence-corrected chi connectivity index (χ3v) is 3.13. The Kier molecular flexibility index (Phi) is 3.93. The maximum atomic E-state index is 11.5. The van der Waals surface area contributed by atoms with E-state index in [9.17, 15) is 4.79 Å². The van der Waals surface area contributed by atoms with E-state index in [1.165, 1.54) is 25.7 Å². The van der Waals surface area contributed by atoms with E-state index < -0.39 is 5.54 Å². The third kappa shape index (κ3) is 2.98. The van der Waals surface area contributed by atoms with E-state index in [0.29, 0.717) is 18.9 Å². The highest BCUT2D eigenvalue weighted by Crippen LogP contribution is 2.25. The first kappa shape index (κ1) is 11.5. The topological polar surface area (TPSA) is 52.3 Å². The smallest absolute Gasteiger partial charge is 0.325 e. The van der Waals surface area contributed by atoms with Gasteiger partial charge in [0, 0.05) is 0 Å². The second kappa shape index (κ2) is 4.78. The number of carbonyl (C=O) groups excluding carboxylic acids is 1. The zero-order chi connectivity index (χ0) is 10.6. The molecule has 82 valence electrons. The largest absolute Gasteiger partial charge is 0.464 e. The van der Waals surface area contributed by atoms with Crippen molar-refractivity contribution in [2.75, 3.05) is 6.61 Å². The molecular weight excluding hydrogens is 178 g/mol. The molecule has 0 aliphatic heterocycles. The van der Waals surface area contributed by atoms with Crippen LogP contribution in [0.2, 0.25) is 0 Å². The molecule has 0 spiro atoms. The lowest BCUT2D eigenvalue weighted by molar-refractivity contribution is -0.151. The summed E-state index contributed by atoms with van der Waals surface area (Å²) < 4.78 is 5.22. The van der Waals surface area contributed by atoms with Gasteiger partial charge >= 0.3 is 5.97 Å². The van der Waals surface area contributed by atoms with Gasteiger partial charge in [-0.1, -0.05) is 19.8 Å². The molecule has 0 radical (unpaired) electrons. The Bertz CT molecular complexity index is 195. The SMILES string of the molecule is CCC(C)(N)C(=O)OCC1CCCC1. The Hall–Kier alpha value is -0.570. The van der Waals surface area contributed by atoms with Crippen LogP contribution in [-0.2, 0) is 9.53 Å². The maximum absolute atomic E-state index is 11.5. The van der Waals surface area contributed by atoms with Crippen LogP contribution in [0, 0.1) is 5.92 Å². The number of carbonyl (C=O) groups is 1. The highest BCUT2D eigenvalue weighted by Gasteiger charge is 2.28.